The number of benzene rings is 4. The topological polar surface area (TPSA) is 89.5 Å². The van der Waals surface area contributed by atoms with Crippen LogP contribution in [0.5, 0.6) is 11.5 Å². The Morgan fingerprint density at radius 1 is 0.519 bits per heavy atom. The predicted molar refractivity (Wildman–Crippen MR) is 218 cm³/mol. The molecule has 0 saturated carbocycles. The van der Waals surface area contributed by atoms with E-state index < -0.39 is 11.4 Å². The first-order valence-electron chi connectivity index (χ1n) is 18.7. The van der Waals surface area contributed by atoms with Crippen molar-refractivity contribution in [3.05, 3.63) is 165 Å². The number of nitrogens with zero attached hydrogens (tertiary/aromatic N) is 2. The molecule has 0 spiro atoms. The number of ether oxygens (including phenoxy) is 2. The number of para-hydroxylation sites is 2. The van der Waals surface area contributed by atoms with Crippen LogP contribution in [0, 0.1) is 0 Å². The Bertz CT molecular complexity index is 1880. The second-order valence-electron chi connectivity index (χ2n) is 13.9. The van der Waals surface area contributed by atoms with E-state index in [4.69, 9.17) is 9.47 Å². The minimum absolute atomic E-state index is 0.0158. The van der Waals surface area contributed by atoms with Gasteiger partial charge in [-0.05, 0) is 97.1 Å². The third-order valence-corrected chi connectivity index (χ3v) is 12.3. The maximum Gasteiger partial charge on any atom is 0.179 e. The molecule has 4 unspecified atom stereocenters. The first kappa shape index (κ1) is 36.3. The van der Waals surface area contributed by atoms with Crippen LogP contribution in [0.15, 0.2) is 144 Å². The lowest BCUT2D eigenvalue weighted by Gasteiger charge is -2.34. The lowest BCUT2D eigenvalue weighted by molar-refractivity contribution is 0.0431. The molecule has 4 N–H and O–H groups in total. The van der Waals surface area contributed by atoms with Crippen molar-refractivity contribution in [3.63, 3.8) is 0 Å². The fourth-order valence-corrected chi connectivity index (χ4v) is 9.02. The molecular formula is C44H46N4O4S2. The zero-order valence-corrected chi connectivity index (χ0v) is 31.7. The van der Waals surface area contributed by atoms with Crippen molar-refractivity contribution < 1.29 is 19.7 Å². The highest BCUT2D eigenvalue weighted by atomic mass is 32.1. The smallest absolute Gasteiger partial charge is 0.179 e. The summed E-state index contributed by atoms with van der Waals surface area (Å²) in [4.78, 5) is 2.40. The summed E-state index contributed by atoms with van der Waals surface area (Å²) in [6.07, 6.45) is 5.05. The molecule has 8 nitrogen and oxygen atoms in total. The summed E-state index contributed by atoms with van der Waals surface area (Å²) in [5.41, 5.74) is 8.17. The van der Waals surface area contributed by atoms with Crippen molar-refractivity contribution >= 4 is 34.0 Å². The van der Waals surface area contributed by atoms with Gasteiger partial charge in [-0.1, -0.05) is 72.8 Å². The van der Waals surface area contributed by atoms with Crippen LogP contribution in [0.25, 0.3) is 0 Å². The van der Waals surface area contributed by atoms with Crippen LogP contribution in [0.2, 0.25) is 0 Å². The number of unbranched alkanes of at least 4 members (excludes halogenated alkanes) is 3. The van der Waals surface area contributed by atoms with Gasteiger partial charge in [0, 0.05) is 33.7 Å². The fourth-order valence-electron chi connectivity index (χ4n) is 7.47. The molecule has 278 valence electrons. The molecule has 0 aliphatic carbocycles. The fraction of sp³-hybridized carbons (Fsp3) is 0.273. The van der Waals surface area contributed by atoms with Crippen molar-refractivity contribution in [1.82, 2.24) is 10.9 Å². The van der Waals surface area contributed by atoms with Crippen molar-refractivity contribution in [2.75, 3.05) is 23.2 Å². The van der Waals surface area contributed by atoms with Gasteiger partial charge in [0.1, 0.15) is 11.5 Å². The molecule has 2 saturated heterocycles. The lowest BCUT2D eigenvalue weighted by Crippen LogP contribution is -2.46. The molecule has 0 radical (unpaired) electrons. The van der Waals surface area contributed by atoms with Gasteiger partial charge < -0.3 is 19.7 Å². The maximum absolute atomic E-state index is 12.1. The predicted octanol–water partition coefficient (Wildman–Crippen LogP) is 9.43. The van der Waals surface area contributed by atoms with E-state index in [2.05, 4.69) is 33.7 Å². The van der Waals surface area contributed by atoms with E-state index in [-0.39, 0.29) is 12.1 Å². The van der Waals surface area contributed by atoms with Gasteiger partial charge in [0.15, 0.2) is 11.4 Å². The highest BCUT2D eigenvalue weighted by Gasteiger charge is 2.48. The van der Waals surface area contributed by atoms with Gasteiger partial charge in [-0.15, -0.1) is 22.7 Å². The van der Waals surface area contributed by atoms with Crippen LogP contribution in [0.1, 0.15) is 71.5 Å². The molecule has 2 aromatic heterocycles. The molecular weight excluding hydrogens is 713 g/mol. The van der Waals surface area contributed by atoms with Crippen molar-refractivity contribution in [2.24, 2.45) is 0 Å². The van der Waals surface area contributed by atoms with E-state index in [9.17, 15) is 10.2 Å². The van der Waals surface area contributed by atoms with Crippen LogP contribution in [-0.2, 0) is 11.4 Å². The zero-order valence-electron chi connectivity index (χ0n) is 30.1. The highest BCUT2D eigenvalue weighted by Crippen LogP contribution is 2.46. The quantitative estimate of drug-likeness (QED) is 0.0771. The summed E-state index contributed by atoms with van der Waals surface area (Å²) < 4.78 is 12.2. The van der Waals surface area contributed by atoms with Crippen molar-refractivity contribution in [2.45, 2.75) is 62.1 Å². The van der Waals surface area contributed by atoms with Gasteiger partial charge in [0.05, 0.1) is 36.7 Å². The van der Waals surface area contributed by atoms with Crippen LogP contribution >= 0.6 is 22.7 Å². The molecule has 4 aromatic carbocycles. The maximum atomic E-state index is 12.1. The van der Waals surface area contributed by atoms with E-state index in [1.165, 1.54) is 9.75 Å². The van der Waals surface area contributed by atoms with Crippen LogP contribution in [0.4, 0.5) is 11.4 Å². The summed E-state index contributed by atoms with van der Waals surface area (Å²) in [6.45, 7) is 1.27. The van der Waals surface area contributed by atoms with Crippen LogP contribution in [0.3, 0.4) is 0 Å². The van der Waals surface area contributed by atoms with Gasteiger partial charge in [0.2, 0.25) is 0 Å². The highest BCUT2D eigenvalue weighted by molar-refractivity contribution is 7.10. The first-order valence-corrected chi connectivity index (χ1v) is 20.5. The first-order chi connectivity index (χ1) is 26.5. The van der Waals surface area contributed by atoms with Gasteiger partial charge in [-0.3, -0.25) is 10.0 Å². The van der Waals surface area contributed by atoms with Gasteiger partial charge >= 0.3 is 0 Å². The Kier molecular flexibility index (Phi) is 11.0. The number of aliphatic hydroxyl groups is 2. The van der Waals surface area contributed by atoms with E-state index in [1.807, 2.05) is 131 Å². The molecule has 8 rings (SSSR count). The summed E-state index contributed by atoms with van der Waals surface area (Å²) >= 11 is 3.39. The molecule has 4 heterocycles. The zero-order chi connectivity index (χ0) is 36.8. The van der Waals surface area contributed by atoms with Gasteiger partial charge in [-0.25, -0.2) is 10.9 Å². The number of hydrazine groups is 2. The number of anilines is 2. The van der Waals surface area contributed by atoms with E-state index in [1.54, 1.807) is 22.7 Å². The molecule has 2 fully saturated rings. The van der Waals surface area contributed by atoms with Crippen LogP contribution < -0.4 is 30.3 Å². The second kappa shape index (κ2) is 16.4. The Morgan fingerprint density at radius 3 is 1.30 bits per heavy atom. The molecule has 10 heteroatoms. The average molecular weight is 759 g/mol. The number of nitrogens with one attached hydrogen (secondary N) is 2. The number of rotatable bonds is 15. The number of hydrogen-bond acceptors (Lipinski definition) is 10. The van der Waals surface area contributed by atoms with Crippen LogP contribution in [-0.4, -0.2) is 23.4 Å². The minimum Gasteiger partial charge on any atom is -0.494 e. The number of hydrogen-bond donors (Lipinski definition) is 4. The van der Waals surface area contributed by atoms with E-state index in [0.29, 0.717) is 26.1 Å². The minimum atomic E-state index is -1.20. The SMILES string of the molecule is OC1(c2ccc(OCCCCCCOc3ccc(C4(O)CC(c5cccs5)NN4c4ccccc4)cc3)cc2)CC(c2cccs2)NN1c1ccccc1. The monoisotopic (exact) mass is 758 g/mol. The summed E-state index contributed by atoms with van der Waals surface area (Å²) in [6, 6.07) is 44.0. The normalized spacial score (nSPS) is 22.5. The molecule has 54 heavy (non-hydrogen) atoms. The van der Waals surface area contributed by atoms with Gasteiger partial charge in [-0.2, -0.15) is 0 Å². The number of thiophene rings is 2. The Labute approximate surface area is 325 Å². The largest absolute Gasteiger partial charge is 0.494 e. The molecule has 2 aliphatic heterocycles. The lowest BCUT2D eigenvalue weighted by atomic mass is 9.96. The Hall–Kier alpha value is -4.68. The second-order valence-corrected chi connectivity index (χ2v) is 15.9. The standard InChI is InChI=1S/C44H46N4O4S2/c49-43(31-39(41-17-11-29-53-41)45-47(43)35-13-5-3-6-14-35)33-19-23-37(24-20-33)51-27-9-1-2-10-28-52-38-25-21-34(22-26-38)44(50)32-40(42-18-12-30-54-42)46-48(44)36-15-7-4-8-16-36/h3-8,11-26,29-30,39-40,45-46,49-50H,1-2,9-10,27-28,31-32H2. The van der Waals surface area contributed by atoms with Crippen molar-refractivity contribution in [1.29, 1.82) is 0 Å². The molecule has 2 aliphatic rings. The summed E-state index contributed by atoms with van der Waals surface area (Å²) in [5, 5.41) is 32.1. The Balaban J connectivity index is 0.785. The summed E-state index contributed by atoms with van der Waals surface area (Å²) in [7, 11) is 0. The van der Waals surface area contributed by atoms with E-state index in [0.717, 1.165) is 59.7 Å². The average Bonchev–Trinajstić information content (AvgIpc) is 4.05. The van der Waals surface area contributed by atoms with E-state index >= 15 is 0 Å². The third-order valence-electron chi connectivity index (χ3n) is 10.3. The molecule has 0 amide bonds. The summed E-state index contributed by atoms with van der Waals surface area (Å²) in [5.74, 6) is 1.60. The Morgan fingerprint density at radius 2 is 0.926 bits per heavy atom. The van der Waals surface area contributed by atoms with Gasteiger partial charge in [0.25, 0.3) is 0 Å². The third kappa shape index (κ3) is 7.77. The van der Waals surface area contributed by atoms with Crippen molar-refractivity contribution in [3.8, 4) is 11.5 Å². The molecule has 0 bridgehead atoms. The molecule has 4 atom stereocenters. The molecule has 6 aromatic rings.